The third kappa shape index (κ3) is 4.43. The highest BCUT2D eigenvalue weighted by molar-refractivity contribution is 7.89. The van der Waals surface area contributed by atoms with E-state index in [1.54, 1.807) is 44.2 Å². The quantitative estimate of drug-likeness (QED) is 0.604. The summed E-state index contributed by atoms with van der Waals surface area (Å²) in [4.78, 5) is 18.4. The SMILES string of the molecule is Cc1nc(-c2cc(S(=O)(=O)N3CCC[C@@H](C(=O)Nc4ccc(C#N)cc4)C3)c(C)s2)no1. The fourth-order valence-electron chi connectivity index (χ4n) is 3.62. The Hall–Kier alpha value is -3.07. The zero-order chi connectivity index (χ0) is 22.9. The van der Waals surface area contributed by atoms with Gasteiger partial charge >= 0.3 is 0 Å². The van der Waals surface area contributed by atoms with E-state index >= 15 is 0 Å². The van der Waals surface area contributed by atoms with Gasteiger partial charge in [0.2, 0.25) is 27.6 Å². The van der Waals surface area contributed by atoms with Gasteiger partial charge in [0.25, 0.3) is 0 Å². The molecular weight excluding hydrogens is 450 g/mol. The molecule has 0 aliphatic carbocycles. The van der Waals surface area contributed by atoms with Crippen LogP contribution in [0.25, 0.3) is 10.7 Å². The molecule has 3 heterocycles. The Morgan fingerprint density at radius 2 is 2.06 bits per heavy atom. The third-order valence-electron chi connectivity index (χ3n) is 5.27. The number of anilines is 1. The van der Waals surface area contributed by atoms with Gasteiger partial charge < -0.3 is 9.84 Å². The Bertz CT molecular complexity index is 1290. The van der Waals surface area contributed by atoms with E-state index in [0.29, 0.717) is 52.1 Å². The molecular formula is C21H21N5O4S2. The molecule has 0 unspecified atom stereocenters. The van der Waals surface area contributed by atoms with E-state index in [-0.39, 0.29) is 17.3 Å². The van der Waals surface area contributed by atoms with Crippen LogP contribution in [0.1, 0.15) is 29.2 Å². The van der Waals surface area contributed by atoms with Crippen molar-refractivity contribution in [3.8, 4) is 16.8 Å². The number of nitriles is 1. The molecule has 0 radical (unpaired) electrons. The summed E-state index contributed by atoms with van der Waals surface area (Å²) in [5, 5.41) is 15.6. The van der Waals surface area contributed by atoms with Gasteiger partial charge in [-0.25, -0.2) is 8.42 Å². The van der Waals surface area contributed by atoms with Crippen LogP contribution in [-0.2, 0) is 14.8 Å². The van der Waals surface area contributed by atoms with Gasteiger partial charge in [-0.05, 0) is 50.1 Å². The highest BCUT2D eigenvalue weighted by atomic mass is 32.2. The second-order valence-corrected chi connectivity index (χ2v) is 10.7. The lowest BCUT2D eigenvalue weighted by molar-refractivity contribution is -0.120. The summed E-state index contributed by atoms with van der Waals surface area (Å²) in [7, 11) is -3.78. The lowest BCUT2D eigenvalue weighted by Gasteiger charge is -2.31. The van der Waals surface area contributed by atoms with Crippen molar-refractivity contribution in [3.05, 3.63) is 46.7 Å². The van der Waals surface area contributed by atoms with Crippen LogP contribution in [0, 0.1) is 31.1 Å². The second kappa shape index (κ2) is 8.82. The van der Waals surface area contributed by atoms with Crippen molar-refractivity contribution in [1.29, 1.82) is 5.26 Å². The number of hydrogen-bond acceptors (Lipinski definition) is 8. The van der Waals surface area contributed by atoms with Crippen LogP contribution >= 0.6 is 11.3 Å². The molecule has 1 aromatic carbocycles. The molecule has 1 saturated heterocycles. The molecule has 11 heteroatoms. The average Bonchev–Trinajstić information content (AvgIpc) is 3.40. The molecule has 32 heavy (non-hydrogen) atoms. The molecule has 166 valence electrons. The number of benzene rings is 1. The van der Waals surface area contributed by atoms with E-state index in [1.165, 1.54) is 15.6 Å². The summed E-state index contributed by atoms with van der Waals surface area (Å²) in [6, 6.07) is 10.2. The Morgan fingerprint density at radius 3 is 2.72 bits per heavy atom. The topological polar surface area (TPSA) is 129 Å². The number of carbonyl (C=O) groups is 1. The molecule has 9 nitrogen and oxygen atoms in total. The summed E-state index contributed by atoms with van der Waals surface area (Å²) >= 11 is 1.29. The number of aryl methyl sites for hydroxylation is 2. The number of nitrogens with one attached hydrogen (secondary N) is 1. The minimum absolute atomic E-state index is 0.108. The summed E-state index contributed by atoms with van der Waals surface area (Å²) in [6.07, 6.45) is 1.19. The second-order valence-electron chi connectivity index (χ2n) is 7.55. The molecule has 0 bridgehead atoms. The number of thiophene rings is 1. The minimum Gasteiger partial charge on any atom is -0.339 e. The van der Waals surface area contributed by atoms with Gasteiger partial charge in [0.15, 0.2) is 0 Å². The number of sulfonamides is 1. The molecule has 0 spiro atoms. The van der Waals surface area contributed by atoms with Crippen molar-refractivity contribution in [2.45, 2.75) is 31.6 Å². The monoisotopic (exact) mass is 471 g/mol. The van der Waals surface area contributed by atoms with E-state index in [2.05, 4.69) is 15.5 Å². The van der Waals surface area contributed by atoms with E-state index in [1.807, 2.05) is 6.07 Å². The van der Waals surface area contributed by atoms with Crippen LogP contribution < -0.4 is 5.32 Å². The van der Waals surface area contributed by atoms with Crippen LogP contribution in [0.4, 0.5) is 5.69 Å². The molecule has 1 aliphatic rings. The Balaban J connectivity index is 1.50. The van der Waals surface area contributed by atoms with Crippen LogP contribution in [0.15, 0.2) is 39.8 Å². The minimum atomic E-state index is -3.78. The van der Waals surface area contributed by atoms with Gasteiger partial charge in [0, 0.05) is 30.6 Å². The van der Waals surface area contributed by atoms with E-state index in [4.69, 9.17) is 9.78 Å². The fraction of sp³-hybridized carbons (Fsp3) is 0.333. The van der Waals surface area contributed by atoms with Crippen LogP contribution in [0.5, 0.6) is 0 Å². The normalized spacial score (nSPS) is 17.1. The van der Waals surface area contributed by atoms with E-state index < -0.39 is 15.9 Å². The Kier molecular flexibility index (Phi) is 6.10. The standard InChI is InChI=1S/C21H21N5O4S2/c1-13-19(10-18(31-13)20-23-14(2)30-25-20)32(28,29)26-9-3-4-16(12-26)21(27)24-17-7-5-15(11-22)6-8-17/h5-8,10,16H,3-4,9,12H2,1-2H3,(H,24,27)/t16-/m1/s1. The molecule has 1 amide bonds. The predicted molar refractivity (Wildman–Crippen MR) is 118 cm³/mol. The molecule has 2 aromatic heterocycles. The first kappa shape index (κ1) is 22.1. The zero-order valence-corrected chi connectivity index (χ0v) is 19.2. The number of hydrogen-bond donors (Lipinski definition) is 1. The van der Waals surface area contributed by atoms with Gasteiger partial charge in [0.05, 0.1) is 27.3 Å². The number of rotatable bonds is 5. The zero-order valence-electron chi connectivity index (χ0n) is 17.5. The molecule has 3 aromatic rings. The van der Waals surface area contributed by atoms with Crippen LogP contribution in [0.2, 0.25) is 0 Å². The molecule has 1 fully saturated rings. The average molecular weight is 472 g/mol. The maximum Gasteiger partial charge on any atom is 0.244 e. The lowest BCUT2D eigenvalue weighted by Crippen LogP contribution is -2.43. The van der Waals surface area contributed by atoms with Crippen molar-refractivity contribution in [2.24, 2.45) is 5.92 Å². The van der Waals surface area contributed by atoms with Gasteiger partial charge in [-0.1, -0.05) is 5.16 Å². The summed E-state index contributed by atoms with van der Waals surface area (Å²) < 4.78 is 33.1. The highest BCUT2D eigenvalue weighted by Gasteiger charge is 2.35. The smallest absolute Gasteiger partial charge is 0.244 e. The number of piperidine rings is 1. The molecule has 0 saturated carbocycles. The third-order valence-corrected chi connectivity index (χ3v) is 8.44. The first-order chi connectivity index (χ1) is 15.3. The predicted octanol–water partition coefficient (Wildman–Crippen LogP) is 3.33. The molecule has 4 rings (SSSR count). The highest BCUT2D eigenvalue weighted by Crippen LogP contribution is 2.35. The van der Waals surface area contributed by atoms with E-state index in [9.17, 15) is 13.2 Å². The summed E-state index contributed by atoms with van der Waals surface area (Å²) in [5.74, 6) is 0.0602. The first-order valence-corrected chi connectivity index (χ1v) is 12.3. The number of carbonyl (C=O) groups excluding carboxylic acids is 1. The maximum absolute atomic E-state index is 13.4. The maximum atomic E-state index is 13.4. The number of amides is 1. The van der Waals surface area contributed by atoms with Gasteiger partial charge in [-0.3, -0.25) is 4.79 Å². The summed E-state index contributed by atoms with van der Waals surface area (Å²) in [5.41, 5.74) is 1.07. The lowest BCUT2D eigenvalue weighted by atomic mass is 9.98. The van der Waals surface area contributed by atoms with Crippen molar-refractivity contribution < 1.29 is 17.7 Å². The van der Waals surface area contributed by atoms with Crippen LogP contribution in [-0.4, -0.2) is 41.9 Å². The number of nitrogens with zero attached hydrogens (tertiary/aromatic N) is 4. The van der Waals surface area contributed by atoms with Crippen LogP contribution in [0.3, 0.4) is 0 Å². The Morgan fingerprint density at radius 1 is 1.31 bits per heavy atom. The Labute approximate surface area is 189 Å². The van der Waals surface area contributed by atoms with Crippen molar-refractivity contribution in [2.75, 3.05) is 18.4 Å². The van der Waals surface area contributed by atoms with Crippen molar-refractivity contribution in [3.63, 3.8) is 0 Å². The summed E-state index contributed by atoms with van der Waals surface area (Å²) in [6.45, 7) is 3.88. The molecule has 1 aliphatic heterocycles. The van der Waals surface area contributed by atoms with Crippen molar-refractivity contribution >= 4 is 33.0 Å². The molecule has 1 N–H and O–H groups in total. The number of aromatic nitrogens is 2. The van der Waals surface area contributed by atoms with E-state index in [0.717, 1.165) is 0 Å². The first-order valence-electron chi connectivity index (χ1n) is 10.00. The van der Waals surface area contributed by atoms with Gasteiger partial charge in [-0.15, -0.1) is 11.3 Å². The molecule has 1 atom stereocenters. The fourth-order valence-corrected chi connectivity index (χ4v) is 6.63. The van der Waals surface area contributed by atoms with Gasteiger partial charge in [0.1, 0.15) is 0 Å². The van der Waals surface area contributed by atoms with Crippen molar-refractivity contribution in [1.82, 2.24) is 14.4 Å². The largest absolute Gasteiger partial charge is 0.339 e. The van der Waals surface area contributed by atoms with Gasteiger partial charge in [-0.2, -0.15) is 14.6 Å².